The molecule has 1 fully saturated rings. The second-order valence-corrected chi connectivity index (χ2v) is 9.06. The Morgan fingerprint density at radius 2 is 1.95 bits per heavy atom. The zero-order valence-corrected chi connectivity index (χ0v) is 12.2. The van der Waals surface area contributed by atoms with E-state index in [-0.39, 0.29) is 17.9 Å². The van der Waals surface area contributed by atoms with Crippen molar-refractivity contribution in [1.29, 1.82) is 0 Å². The van der Waals surface area contributed by atoms with Crippen molar-refractivity contribution in [3.05, 3.63) is 23.8 Å². The third-order valence-corrected chi connectivity index (χ3v) is 5.78. The van der Waals surface area contributed by atoms with Crippen molar-refractivity contribution in [2.75, 3.05) is 11.5 Å². The second-order valence-electron chi connectivity index (χ2n) is 4.30. The third-order valence-electron chi connectivity index (χ3n) is 2.71. The molecule has 0 N–H and O–H groups in total. The topological polar surface area (TPSA) is 77.5 Å². The molecule has 1 atom stereocenters. The van der Waals surface area contributed by atoms with E-state index in [9.17, 15) is 25.6 Å². The van der Waals surface area contributed by atoms with Gasteiger partial charge in [0.1, 0.15) is 16.8 Å². The summed E-state index contributed by atoms with van der Waals surface area (Å²) in [6, 6.07) is 0.953. The zero-order chi connectivity index (χ0) is 15.1. The monoisotopic (exact) mass is 346 g/mol. The van der Waals surface area contributed by atoms with Crippen LogP contribution in [0, 0.1) is 11.6 Å². The molecular weight excluding hydrogens is 338 g/mol. The van der Waals surface area contributed by atoms with E-state index in [0.717, 1.165) is 0 Å². The minimum absolute atomic E-state index is 0.0981. The summed E-state index contributed by atoms with van der Waals surface area (Å²) in [7, 11) is -2.63. The first-order chi connectivity index (χ1) is 9.08. The normalized spacial score (nSPS) is 21.9. The number of hydrogen-bond acceptors (Lipinski definition) is 5. The van der Waals surface area contributed by atoms with Crippen molar-refractivity contribution in [3.8, 4) is 5.75 Å². The molecule has 1 unspecified atom stereocenters. The maximum absolute atomic E-state index is 13.6. The van der Waals surface area contributed by atoms with Crippen LogP contribution in [0.25, 0.3) is 0 Å². The molecule has 1 aromatic carbocycles. The van der Waals surface area contributed by atoms with Gasteiger partial charge in [0.05, 0.1) is 11.5 Å². The maximum Gasteiger partial charge on any atom is 0.265 e. The Hall–Kier alpha value is -0.930. The Morgan fingerprint density at radius 1 is 1.30 bits per heavy atom. The molecule has 2 rings (SSSR count). The molecule has 1 heterocycles. The van der Waals surface area contributed by atoms with Gasteiger partial charge in [0.2, 0.25) is 0 Å². The van der Waals surface area contributed by atoms with E-state index < -0.39 is 47.3 Å². The summed E-state index contributed by atoms with van der Waals surface area (Å²) < 4.78 is 76.9. The van der Waals surface area contributed by atoms with Gasteiger partial charge in [0, 0.05) is 16.7 Å². The summed E-state index contributed by atoms with van der Waals surface area (Å²) in [5, 5.41) is 0. The van der Waals surface area contributed by atoms with Crippen LogP contribution in [0.15, 0.2) is 17.0 Å². The number of sulfone groups is 1. The fourth-order valence-corrected chi connectivity index (χ4v) is 4.41. The molecule has 0 bridgehead atoms. The lowest BCUT2D eigenvalue weighted by molar-refractivity contribution is 0.211. The number of ether oxygens (including phenoxy) is 1. The summed E-state index contributed by atoms with van der Waals surface area (Å²) in [6.07, 6.45) is -0.793. The molecule has 0 saturated carbocycles. The number of hydrogen-bond donors (Lipinski definition) is 0. The highest BCUT2D eigenvalue weighted by Crippen LogP contribution is 2.33. The highest BCUT2D eigenvalue weighted by atomic mass is 35.7. The highest BCUT2D eigenvalue weighted by molar-refractivity contribution is 8.13. The van der Waals surface area contributed by atoms with Gasteiger partial charge in [-0.05, 0) is 12.5 Å². The SMILES string of the molecule is O=S1(=O)CCC(Oc2c(F)cc(F)cc2S(=O)(=O)Cl)C1. The van der Waals surface area contributed by atoms with E-state index in [1.807, 2.05) is 0 Å². The smallest absolute Gasteiger partial charge is 0.265 e. The quantitative estimate of drug-likeness (QED) is 0.774. The summed E-state index contributed by atoms with van der Waals surface area (Å²) >= 11 is 0. The van der Waals surface area contributed by atoms with Crippen molar-refractivity contribution < 1.29 is 30.4 Å². The first kappa shape index (κ1) is 15.5. The number of rotatable bonds is 3. The molecule has 10 heteroatoms. The van der Waals surface area contributed by atoms with Crippen molar-refractivity contribution in [3.63, 3.8) is 0 Å². The van der Waals surface area contributed by atoms with Gasteiger partial charge in [-0.2, -0.15) is 0 Å². The Labute approximate surface area is 118 Å². The standard InChI is InChI=1S/C10H9ClF2O5S2/c11-20(16,17)9-4-6(12)3-8(13)10(9)18-7-1-2-19(14,15)5-7/h3-4,7H,1-2,5H2. The summed E-state index contributed by atoms with van der Waals surface area (Å²) in [6.45, 7) is 0. The Balaban J connectivity index is 2.42. The molecule has 1 aliphatic rings. The predicted molar refractivity (Wildman–Crippen MR) is 67.1 cm³/mol. The van der Waals surface area contributed by atoms with Crippen LogP contribution in [0.3, 0.4) is 0 Å². The van der Waals surface area contributed by atoms with E-state index in [0.29, 0.717) is 12.1 Å². The lowest BCUT2D eigenvalue weighted by Crippen LogP contribution is -2.19. The molecule has 20 heavy (non-hydrogen) atoms. The lowest BCUT2D eigenvalue weighted by Gasteiger charge is -2.15. The average Bonchev–Trinajstić information content (AvgIpc) is 2.60. The van der Waals surface area contributed by atoms with Crippen LogP contribution in [-0.4, -0.2) is 34.4 Å². The lowest BCUT2D eigenvalue weighted by atomic mass is 10.3. The van der Waals surface area contributed by atoms with Gasteiger partial charge in [0.15, 0.2) is 21.4 Å². The zero-order valence-electron chi connectivity index (χ0n) is 9.85. The molecule has 0 aromatic heterocycles. The van der Waals surface area contributed by atoms with Gasteiger partial charge in [-0.3, -0.25) is 0 Å². The van der Waals surface area contributed by atoms with Gasteiger partial charge in [-0.15, -0.1) is 0 Å². The van der Waals surface area contributed by atoms with Crippen molar-refractivity contribution in [2.24, 2.45) is 0 Å². The van der Waals surface area contributed by atoms with Gasteiger partial charge >= 0.3 is 0 Å². The van der Waals surface area contributed by atoms with Crippen LogP contribution in [-0.2, 0) is 18.9 Å². The molecule has 0 amide bonds. The Bertz CT molecular complexity index is 745. The second kappa shape index (κ2) is 5.12. The summed E-state index contributed by atoms with van der Waals surface area (Å²) in [4.78, 5) is -0.860. The Morgan fingerprint density at radius 3 is 2.45 bits per heavy atom. The minimum atomic E-state index is -4.43. The fraction of sp³-hybridized carbons (Fsp3) is 0.400. The average molecular weight is 347 g/mol. The molecule has 0 spiro atoms. The largest absolute Gasteiger partial charge is 0.485 e. The maximum atomic E-state index is 13.6. The molecule has 5 nitrogen and oxygen atoms in total. The van der Waals surface area contributed by atoms with Crippen molar-refractivity contribution >= 4 is 29.6 Å². The first-order valence-corrected chi connectivity index (χ1v) is 9.52. The van der Waals surface area contributed by atoms with Crippen LogP contribution in [0.5, 0.6) is 5.75 Å². The first-order valence-electron chi connectivity index (χ1n) is 5.39. The van der Waals surface area contributed by atoms with Crippen LogP contribution >= 0.6 is 10.7 Å². The molecule has 1 aromatic rings. The minimum Gasteiger partial charge on any atom is -0.485 e. The van der Waals surface area contributed by atoms with Crippen LogP contribution in [0.4, 0.5) is 8.78 Å². The van der Waals surface area contributed by atoms with Crippen LogP contribution < -0.4 is 4.74 Å². The molecule has 0 radical (unpaired) electrons. The molecular formula is C10H9ClF2O5S2. The highest BCUT2D eigenvalue weighted by Gasteiger charge is 2.32. The van der Waals surface area contributed by atoms with Gasteiger partial charge in [0.25, 0.3) is 9.05 Å². The molecule has 1 saturated heterocycles. The summed E-state index contributed by atoms with van der Waals surface area (Å²) in [5.74, 6) is -3.64. The number of benzene rings is 1. The predicted octanol–water partition coefficient (Wildman–Crippen LogP) is 1.46. The van der Waals surface area contributed by atoms with Gasteiger partial charge < -0.3 is 4.74 Å². The van der Waals surface area contributed by atoms with E-state index in [1.165, 1.54) is 0 Å². The Kier molecular flexibility index (Phi) is 3.96. The molecule has 1 aliphatic heterocycles. The van der Waals surface area contributed by atoms with E-state index in [2.05, 4.69) is 0 Å². The van der Waals surface area contributed by atoms with Gasteiger partial charge in [-0.25, -0.2) is 25.6 Å². The number of halogens is 3. The fourth-order valence-electron chi connectivity index (χ4n) is 1.85. The van der Waals surface area contributed by atoms with E-state index >= 15 is 0 Å². The third kappa shape index (κ3) is 3.39. The molecule has 0 aliphatic carbocycles. The van der Waals surface area contributed by atoms with E-state index in [4.69, 9.17) is 15.4 Å². The van der Waals surface area contributed by atoms with Crippen molar-refractivity contribution in [2.45, 2.75) is 17.4 Å². The van der Waals surface area contributed by atoms with Gasteiger partial charge in [-0.1, -0.05) is 0 Å². The van der Waals surface area contributed by atoms with Crippen LogP contribution in [0.1, 0.15) is 6.42 Å². The van der Waals surface area contributed by atoms with Crippen LogP contribution in [0.2, 0.25) is 0 Å². The van der Waals surface area contributed by atoms with E-state index in [1.54, 1.807) is 0 Å². The molecule has 112 valence electrons. The van der Waals surface area contributed by atoms with Crippen molar-refractivity contribution in [1.82, 2.24) is 0 Å². The summed E-state index contributed by atoms with van der Waals surface area (Å²) in [5.41, 5.74) is 0.